The molecule has 3 aromatic rings. The van der Waals surface area contributed by atoms with E-state index in [9.17, 15) is 4.79 Å². The first-order valence-corrected chi connectivity index (χ1v) is 10.0. The minimum Gasteiger partial charge on any atom is -0.375 e. The number of amides is 1. The van der Waals surface area contributed by atoms with Crippen LogP contribution >= 0.6 is 11.3 Å². The summed E-state index contributed by atoms with van der Waals surface area (Å²) in [4.78, 5) is 29.5. The Bertz CT molecular complexity index is 1010. The molecule has 0 radical (unpaired) electrons. The molecule has 1 amide bonds. The highest BCUT2D eigenvalue weighted by molar-refractivity contribution is 7.19. The summed E-state index contributed by atoms with van der Waals surface area (Å²) in [7, 11) is 1.67. The first-order chi connectivity index (χ1) is 13.4. The van der Waals surface area contributed by atoms with Gasteiger partial charge in [0.15, 0.2) is 5.69 Å². The molecule has 1 unspecified atom stereocenters. The van der Waals surface area contributed by atoms with Gasteiger partial charge in [0.2, 0.25) is 5.95 Å². The zero-order valence-corrected chi connectivity index (χ0v) is 17.2. The predicted molar refractivity (Wildman–Crippen MR) is 110 cm³/mol. The highest BCUT2D eigenvalue weighted by atomic mass is 32.1. The van der Waals surface area contributed by atoms with Gasteiger partial charge in [0.25, 0.3) is 5.91 Å². The summed E-state index contributed by atoms with van der Waals surface area (Å²) < 4.78 is 6.29. The van der Waals surface area contributed by atoms with E-state index in [-0.39, 0.29) is 17.6 Å². The third-order valence-electron chi connectivity index (χ3n) is 5.01. The molecule has 0 saturated carbocycles. The van der Waals surface area contributed by atoms with Crippen LogP contribution in [0, 0.1) is 6.92 Å². The van der Waals surface area contributed by atoms with Gasteiger partial charge in [-0.3, -0.25) is 9.78 Å². The SMILES string of the molecule is COC1(C)CN(C(=O)c2nc(NC(C)c3ccccn3)nc3cc(C)sc23)C1. The molecular weight excluding hydrogens is 374 g/mol. The van der Waals surface area contributed by atoms with Crippen LogP contribution < -0.4 is 5.32 Å². The van der Waals surface area contributed by atoms with E-state index < -0.39 is 0 Å². The number of nitrogens with zero attached hydrogens (tertiary/aromatic N) is 4. The van der Waals surface area contributed by atoms with Gasteiger partial charge in [-0.15, -0.1) is 11.3 Å². The van der Waals surface area contributed by atoms with Crippen molar-refractivity contribution in [1.82, 2.24) is 19.9 Å². The van der Waals surface area contributed by atoms with Crippen LogP contribution in [-0.4, -0.2) is 51.6 Å². The lowest BCUT2D eigenvalue weighted by Gasteiger charge is -2.46. The Morgan fingerprint density at radius 1 is 1.36 bits per heavy atom. The molecule has 0 aromatic carbocycles. The molecular formula is C20H23N5O2S. The maximum atomic E-state index is 13.1. The Kier molecular flexibility index (Phi) is 4.76. The number of fused-ring (bicyclic) bond motifs is 1. The maximum Gasteiger partial charge on any atom is 0.274 e. The normalized spacial score (nSPS) is 16.6. The van der Waals surface area contributed by atoms with E-state index in [0.29, 0.717) is 24.7 Å². The second-order valence-electron chi connectivity index (χ2n) is 7.40. The number of aryl methyl sites for hydroxylation is 1. The van der Waals surface area contributed by atoms with Gasteiger partial charge in [0.1, 0.15) is 5.60 Å². The van der Waals surface area contributed by atoms with Crippen LogP contribution in [0.25, 0.3) is 10.2 Å². The average molecular weight is 398 g/mol. The molecule has 1 fully saturated rings. The van der Waals surface area contributed by atoms with Crippen molar-refractivity contribution in [3.63, 3.8) is 0 Å². The van der Waals surface area contributed by atoms with Gasteiger partial charge in [-0.05, 0) is 39.0 Å². The minimum absolute atomic E-state index is 0.0814. The van der Waals surface area contributed by atoms with E-state index in [4.69, 9.17) is 4.74 Å². The number of carbonyl (C=O) groups excluding carboxylic acids is 1. The van der Waals surface area contributed by atoms with Crippen LogP contribution in [0.5, 0.6) is 0 Å². The zero-order chi connectivity index (χ0) is 19.9. The lowest BCUT2D eigenvalue weighted by atomic mass is 9.96. The summed E-state index contributed by atoms with van der Waals surface area (Å²) in [6, 6.07) is 7.68. The number of nitrogens with one attached hydrogen (secondary N) is 1. The number of methoxy groups -OCH3 is 1. The molecule has 7 nitrogen and oxygen atoms in total. The molecule has 146 valence electrons. The Hall–Kier alpha value is -2.58. The van der Waals surface area contributed by atoms with Crippen molar-refractivity contribution in [1.29, 1.82) is 0 Å². The van der Waals surface area contributed by atoms with Crippen molar-refractivity contribution in [2.45, 2.75) is 32.4 Å². The fourth-order valence-corrected chi connectivity index (χ4v) is 4.27. The molecule has 1 aliphatic heterocycles. The zero-order valence-electron chi connectivity index (χ0n) is 16.4. The number of hydrogen-bond donors (Lipinski definition) is 1. The van der Waals surface area contributed by atoms with Crippen molar-refractivity contribution in [2.75, 3.05) is 25.5 Å². The fourth-order valence-electron chi connectivity index (χ4n) is 3.34. The number of aromatic nitrogens is 3. The highest BCUT2D eigenvalue weighted by Gasteiger charge is 2.42. The third-order valence-corrected chi connectivity index (χ3v) is 6.05. The Balaban J connectivity index is 1.65. The summed E-state index contributed by atoms with van der Waals surface area (Å²) in [6.45, 7) is 7.13. The smallest absolute Gasteiger partial charge is 0.274 e. The van der Waals surface area contributed by atoms with Crippen molar-refractivity contribution in [3.05, 3.63) is 46.7 Å². The second-order valence-corrected chi connectivity index (χ2v) is 8.66. The fraction of sp³-hybridized carbons (Fsp3) is 0.400. The number of carbonyl (C=O) groups is 1. The maximum absolute atomic E-state index is 13.1. The molecule has 3 aromatic heterocycles. The largest absolute Gasteiger partial charge is 0.375 e. The molecule has 4 rings (SSSR count). The topological polar surface area (TPSA) is 80.2 Å². The van der Waals surface area contributed by atoms with Crippen molar-refractivity contribution in [2.24, 2.45) is 0 Å². The summed E-state index contributed by atoms with van der Waals surface area (Å²) in [5.41, 5.74) is 1.84. The number of hydrogen-bond acceptors (Lipinski definition) is 7. The summed E-state index contributed by atoms with van der Waals surface area (Å²) in [5.74, 6) is 0.346. The molecule has 28 heavy (non-hydrogen) atoms. The predicted octanol–water partition coefficient (Wildman–Crippen LogP) is 3.43. The first kappa shape index (κ1) is 18.8. The number of rotatable bonds is 5. The Morgan fingerprint density at radius 2 is 2.14 bits per heavy atom. The molecule has 0 spiro atoms. The molecule has 0 aliphatic carbocycles. The number of anilines is 1. The lowest BCUT2D eigenvalue weighted by molar-refractivity contribution is -0.0948. The van der Waals surface area contributed by atoms with Crippen LogP contribution in [0.2, 0.25) is 0 Å². The van der Waals surface area contributed by atoms with E-state index in [1.165, 1.54) is 0 Å². The van der Waals surface area contributed by atoms with E-state index >= 15 is 0 Å². The standard InChI is InChI=1S/C20H23N5O2S/c1-12-9-15-17(28-12)16(18(26)25-10-20(3,11-25)27-4)24-19(23-15)22-13(2)14-7-5-6-8-21-14/h5-9,13H,10-11H2,1-4H3,(H,22,23,24). The monoisotopic (exact) mass is 397 g/mol. The van der Waals surface area contributed by atoms with E-state index in [1.54, 1.807) is 29.5 Å². The van der Waals surface area contributed by atoms with Gasteiger partial charge < -0.3 is 15.0 Å². The van der Waals surface area contributed by atoms with Gasteiger partial charge in [0, 0.05) is 18.2 Å². The van der Waals surface area contributed by atoms with Gasteiger partial charge in [-0.1, -0.05) is 6.07 Å². The van der Waals surface area contributed by atoms with Crippen LogP contribution in [0.15, 0.2) is 30.5 Å². The van der Waals surface area contributed by atoms with E-state index in [2.05, 4.69) is 20.3 Å². The number of likely N-dealkylation sites (tertiary alicyclic amines) is 1. The van der Waals surface area contributed by atoms with Gasteiger partial charge in [-0.2, -0.15) is 0 Å². The van der Waals surface area contributed by atoms with Crippen LogP contribution in [0.3, 0.4) is 0 Å². The third kappa shape index (κ3) is 3.45. The lowest BCUT2D eigenvalue weighted by Crippen LogP contribution is -2.62. The molecule has 1 saturated heterocycles. The van der Waals surface area contributed by atoms with Crippen LogP contribution in [-0.2, 0) is 4.74 Å². The number of ether oxygens (including phenoxy) is 1. The van der Waals surface area contributed by atoms with Crippen molar-refractivity contribution >= 4 is 33.4 Å². The summed E-state index contributed by atoms with van der Waals surface area (Å²) >= 11 is 1.54. The Morgan fingerprint density at radius 3 is 2.82 bits per heavy atom. The molecule has 8 heteroatoms. The molecule has 1 atom stereocenters. The van der Waals surface area contributed by atoms with Crippen LogP contribution in [0.1, 0.15) is 40.9 Å². The first-order valence-electron chi connectivity index (χ1n) is 9.18. The summed E-state index contributed by atoms with van der Waals surface area (Å²) in [5, 5.41) is 3.28. The van der Waals surface area contributed by atoms with Crippen LogP contribution in [0.4, 0.5) is 5.95 Å². The number of thiophene rings is 1. The van der Waals surface area contributed by atoms with E-state index in [0.717, 1.165) is 20.8 Å². The summed E-state index contributed by atoms with van der Waals surface area (Å²) in [6.07, 6.45) is 1.76. The minimum atomic E-state index is -0.276. The van der Waals surface area contributed by atoms with Gasteiger partial charge in [-0.25, -0.2) is 9.97 Å². The molecule has 0 bridgehead atoms. The quantitative estimate of drug-likeness (QED) is 0.710. The Labute approximate surface area is 167 Å². The van der Waals surface area contributed by atoms with Gasteiger partial charge in [0.05, 0.1) is 35.0 Å². The molecule has 1 aliphatic rings. The van der Waals surface area contributed by atoms with Crippen molar-refractivity contribution in [3.8, 4) is 0 Å². The average Bonchev–Trinajstić information content (AvgIpc) is 3.05. The second kappa shape index (κ2) is 7.10. The molecule has 1 N–H and O–H groups in total. The van der Waals surface area contributed by atoms with Crippen molar-refractivity contribution < 1.29 is 9.53 Å². The molecule has 4 heterocycles. The highest BCUT2D eigenvalue weighted by Crippen LogP contribution is 2.31. The van der Waals surface area contributed by atoms with Gasteiger partial charge >= 0.3 is 0 Å². The van der Waals surface area contributed by atoms with E-state index in [1.807, 2.05) is 45.0 Å². The number of pyridine rings is 1.